The van der Waals surface area contributed by atoms with Gasteiger partial charge in [-0.25, -0.2) is 9.79 Å². The minimum absolute atomic E-state index is 0.342. The predicted octanol–water partition coefficient (Wildman–Crippen LogP) is 3.25. The lowest BCUT2D eigenvalue weighted by atomic mass is 10.0. The van der Waals surface area contributed by atoms with Crippen LogP contribution in [0.5, 0.6) is 0 Å². The van der Waals surface area contributed by atoms with Crippen LogP contribution >= 0.6 is 0 Å². The lowest BCUT2D eigenvalue weighted by molar-refractivity contribution is 0.0599. The molecule has 1 atom stereocenters. The first-order valence-corrected chi connectivity index (χ1v) is 8.59. The van der Waals surface area contributed by atoms with E-state index >= 15 is 0 Å². The molecule has 0 spiro atoms. The van der Waals surface area contributed by atoms with Crippen molar-refractivity contribution in [2.45, 2.75) is 60.0 Å². The topological polar surface area (TPSA) is 75.9 Å². The van der Waals surface area contributed by atoms with Crippen LogP contribution in [0.25, 0.3) is 0 Å². The van der Waals surface area contributed by atoms with E-state index in [1.165, 1.54) is 13.5 Å². The Balaban J connectivity index is 2.70. The summed E-state index contributed by atoms with van der Waals surface area (Å²) in [7, 11) is 1.36. The highest BCUT2D eigenvalue weighted by molar-refractivity contribution is 5.90. The Labute approximate surface area is 145 Å². The third kappa shape index (κ3) is 6.64. The first-order chi connectivity index (χ1) is 11.4. The maximum atomic E-state index is 11.6. The molecule has 0 radical (unpaired) electrons. The Morgan fingerprint density at radius 2 is 2.04 bits per heavy atom. The van der Waals surface area contributed by atoms with Crippen LogP contribution in [-0.2, 0) is 11.3 Å². The van der Waals surface area contributed by atoms with Crippen LogP contribution < -0.4 is 10.6 Å². The summed E-state index contributed by atoms with van der Waals surface area (Å²) in [5, 5.41) is 6.64. The normalized spacial score (nSPS) is 13.0. The van der Waals surface area contributed by atoms with E-state index in [0.29, 0.717) is 35.6 Å². The first-order valence-electron chi connectivity index (χ1n) is 8.59. The second-order valence-corrected chi connectivity index (χ2v) is 6.39. The van der Waals surface area contributed by atoms with Crippen LogP contribution in [0.15, 0.2) is 15.5 Å². The Morgan fingerprint density at radius 3 is 2.62 bits per heavy atom. The summed E-state index contributed by atoms with van der Waals surface area (Å²) in [5.41, 5.74) is 0.450. The van der Waals surface area contributed by atoms with Gasteiger partial charge in [0, 0.05) is 12.6 Å². The summed E-state index contributed by atoms with van der Waals surface area (Å²) >= 11 is 0. The number of carbonyl (C=O) groups is 1. The summed E-state index contributed by atoms with van der Waals surface area (Å²) in [6.45, 7) is 11.5. The van der Waals surface area contributed by atoms with E-state index < -0.39 is 0 Å². The Morgan fingerprint density at radius 1 is 1.33 bits per heavy atom. The molecule has 6 heteroatoms. The molecule has 0 saturated carbocycles. The number of nitrogens with zero attached hydrogens (tertiary/aromatic N) is 1. The lowest BCUT2D eigenvalue weighted by Crippen LogP contribution is -2.42. The molecule has 6 nitrogen and oxygen atoms in total. The fraction of sp³-hybridized carbons (Fsp3) is 0.667. The zero-order valence-electron chi connectivity index (χ0n) is 15.7. The number of rotatable bonds is 8. The molecule has 1 rings (SSSR count). The van der Waals surface area contributed by atoms with E-state index in [2.05, 4.69) is 36.4 Å². The molecule has 24 heavy (non-hydrogen) atoms. The summed E-state index contributed by atoms with van der Waals surface area (Å²) in [6, 6.07) is 2.03. The summed E-state index contributed by atoms with van der Waals surface area (Å²) in [6.07, 6.45) is 2.27. The van der Waals surface area contributed by atoms with Gasteiger partial charge in [-0.3, -0.25) is 0 Å². The average Bonchev–Trinajstić information content (AvgIpc) is 2.91. The van der Waals surface area contributed by atoms with Gasteiger partial charge in [0.05, 0.1) is 7.11 Å². The fourth-order valence-electron chi connectivity index (χ4n) is 2.30. The van der Waals surface area contributed by atoms with Crippen LogP contribution in [-0.4, -0.2) is 31.6 Å². The van der Waals surface area contributed by atoms with Crippen molar-refractivity contribution in [1.82, 2.24) is 10.6 Å². The molecule has 0 amide bonds. The molecule has 2 N–H and O–H groups in total. The van der Waals surface area contributed by atoms with Crippen molar-refractivity contribution in [2.24, 2.45) is 10.9 Å². The number of carbonyl (C=O) groups excluding carboxylic acids is 1. The quantitative estimate of drug-likeness (QED) is 0.433. The molecule has 0 aromatic carbocycles. The molecule has 136 valence electrons. The van der Waals surface area contributed by atoms with Crippen molar-refractivity contribution in [3.8, 4) is 0 Å². The van der Waals surface area contributed by atoms with E-state index in [0.717, 1.165) is 18.9 Å². The largest absolute Gasteiger partial charge is 0.465 e. The number of hydrogen-bond donors (Lipinski definition) is 2. The van der Waals surface area contributed by atoms with Gasteiger partial charge in [-0.05, 0) is 45.6 Å². The second-order valence-electron chi connectivity index (χ2n) is 6.39. The van der Waals surface area contributed by atoms with Gasteiger partial charge >= 0.3 is 5.97 Å². The number of ether oxygens (including phenoxy) is 1. The molecule has 0 bridgehead atoms. The van der Waals surface area contributed by atoms with E-state index in [-0.39, 0.29) is 5.97 Å². The Hall–Kier alpha value is -1.98. The maximum Gasteiger partial charge on any atom is 0.341 e. The van der Waals surface area contributed by atoms with Crippen LogP contribution in [0.3, 0.4) is 0 Å². The highest BCUT2D eigenvalue weighted by Crippen LogP contribution is 2.16. The minimum atomic E-state index is -0.390. The van der Waals surface area contributed by atoms with E-state index in [1.54, 1.807) is 13.0 Å². The third-order valence-corrected chi connectivity index (χ3v) is 3.67. The van der Waals surface area contributed by atoms with Crippen molar-refractivity contribution < 1.29 is 13.9 Å². The van der Waals surface area contributed by atoms with Gasteiger partial charge in [-0.1, -0.05) is 13.8 Å². The summed E-state index contributed by atoms with van der Waals surface area (Å²) in [4.78, 5) is 16.2. The minimum Gasteiger partial charge on any atom is -0.465 e. The second kappa shape index (κ2) is 10.0. The number of furan rings is 1. The fourth-order valence-corrected chi connectivity index (χ4v) is 2.30. The van der Waals surface area contributed by atoms with Gasteiger partial charge in [0.25, 0.3) is 0 Å². The smallest absolute Gasteiger partial charge is 0.341 e. The SMILES string of the molecule is CCNC(=NCc1cc(C(=O)OC)c(C)o1)NC(C)CCC(C)C. The molecule has 1 unspecified atom stereocenters. The standard InChI is InChI=1S/C18H31N3O3/c1-7-19-18(21-13(4)9-8-12(2)3)20-11-15-10-16(14(5)24-15)17(22)23-6/h10,12-13H,7-9,11H2,1-6H3,(H2,19,20,21). The summed E-state index contributed by atoms with van der Waals surface area (Å²) in [5.74, 6) is 2.24. The average molecular weight is 337 g/mol. The van der Waals surface area contributed by atoms with Crippen LogP contribution in [0.1, 0.15) is 62.4 Å². The van der Waals surface area contributed by atoms with Gasteiger partial charge in [-0.15, -0.1) is 0 Å². The number of nitrogens with one attached hydrogen (secondary N) is 2. The number of esters is 1. The maximum absolute atomic E-state index is 11.6. The van der Waals surface area contributed by atoms with Crippen molar-refractivity contribution in [3.63, 3.8) is 0 Å². The highest BCUT2D eigenvalue weighted by Gasteiger charge is 2.15. The molecular weight excluding hydrogens is 306 g/mol. The molecule has 0 fully saturated rings. The van der Waals surface area contributed by atoms with Gasteiger partial charge in [0.15, 0.2) is 5.96 Å². The van der Waals surface area contributed by atoms with Gasteiger partial charge in [-0.2, -0.15) is 0 Å². The van der Waals surface area contributed by atoms with Gasteiger partial charge < -0.3 is 19.8 Å². The molecule has 1 aromatic rings. The monoisotopic (exact) mass is 337 g/mol. The number of methoxy groups -OCH3 is 1. The molecule has 1 aromatic heterocycles. The number of guanidine groups is 1. The van der Waals surface area contributed by atoms with Crippen molar-refractivity contribution in [2.75, 3.05) is 13.7 Å². The summed E-state index contributed by atoms with van der Waals surface area (Å²) < 4.78 is 10.3. The van der Waals surface area contributed by atoms with E-state index in [1.807, 2.05) is 6.92 Å². The van der Waals surface area contributed by atoms with Gasteiger partial charge in [0.2, 0.25) is 0 Å². The van der Waals surface area contributed by atoms with E-state index in [4.69, 9.17) is 9.15 Å². The number of aliphatic imine (C=N–C) groups is 1. The van der Waals surface area contributed by atoms with Crippen LogP contribution in [0, 0.1) is 12.8 Å². The number of aryl methyl sites for hydroxylation is 1. The molecular formula is C18H31N3O3. The molecule has 0 aliphatic carbocycles. The third-order valence-electron chi connectivity index (χ3n) is 3.67. The number of hydrogen-bond acceptors (Lipinski definition) is 4. The van der Waals surface area contributed by atoms with Crippen LogP contribution in [0.4, 0.5) is 0 Å². The molecule has 0 aliphatic heterocycles. The van der Waals surface area contributed by atoms with E-state index in [9.17, 15) is 4.79 Å². The predicted molar refractivity (Wildman–Crippen MR) is 96.3 cm³/mol. The van der Waals surface area contributed by atoms with Crippen molar-refractivity contribution >= 4 is 11.9 Å². The van der Waals surface area contributed by atoms with Crippen molar-refractivity contribution in [1.29, 1.82) is 0 Å². The first kappa shape index (κ1) is 20.1. The highest BCUT2D eigenvalue weighted by atomic mass is 16.5. The van der Waals surface area contributed by atoms with Gasteiger partial charge in [0.1, 0.15) is 23.6 Å². The zero-order chi connectivity index (χ0) is 18.1. The van der Waals surface area contributed by atoms with Crippen molar-refractivity contribution in [3.05, 3.63) is 23.2 Å². The van der Waals surface area contributed by atoms with Crippen LogP contribution in [0.2, 0.25) is 0 Å². The Kier molecular flexibility index (Phi) is 8.36. The molecule has 0 aliphatic rings. The zero-order valence-corrected chi connectivity index (χ0v) is 15.7. The molecule has 1 heterocycles. The Bertz CT molecular complexity index is 550. The molecule has 0 saturated heterocycles. The lowest BCUT2D eigenvalue weighted by Gasteiger charge is -2.18.